The average molecular weight is 378 g/mol. The van der Waals surface area contributed by atoms with E-state index in [-0.39, 0.29) is 17.4 Å². The van der Waals surface area contributed by atoms with Crippen LogP contribution < -0.4 is 18.9 Å². The lowest BCUT2D eigenvalue weighted by atomic mass is 10.0. The Kier molecular flexibility index (Phi) is 5.44. The molecular weight excluding hydrogens is 354 g/mol. The smallest absolute Gasteiger partial charge is 0.486 e. The van der Waals surface area contributed by atoms with Crippen LogP contribution in [-0.2, 0) is 0 Å². The topological polar surface area (TPSA) is 36.9 Å². The van der Waals surface area contributed by atoms with Crippen LogP contribution >= 0.6 is 0 Å². The standard InChI is InChI=1S/C11H14O2.C10H10F2O2/c1-8(2)9-3-4-10-11(7-9)13-6-5-12-10;1-6(2)7-3-4-8-9(5-7)14-10(11,12)13-8/h3-4,7-8H,5-6H2,1-2H3;3-6H,1-2H3. The lowest BCUT2D eigenvalue weighted by Gasteiger charge is -2.19. The van der Waals surface area contributed by atoms with Gasteiger partial charge in [-0.2, -0.15) is 0 Å². The molecule has 0 N–H and O–H groups in total. The van der Waals surface area contributed by atoms with E-state index in [9.17, 15) is 8.78 Å². The number of ether oxygens (including phenoxy) is 4. The van der Waals surface area contributed by atoms with Crippen molar-refractivity contribution in [1.82, 2.24) is 0 Å². The second kappa shape index (κ2) is 7.62. The molecule has 2 heterocycles. The van der Waals surface area contributed by atoms with E-state index in [2.05, 4.69) is 35.5 Å². The summed E-state index contributed by atoms with van der Waals surface area (Å²) in [6.07, 6.45) is -3.52. The van der Waals surface area contributed by atoms with Gasteiger partial charge in [-0.15, -0.1) is 8.78 Å². The summed E-state index contributed by atoms with van der Waals surface area (Å²) in [5, 5.41) is 0. The zero-order valence-corrected chi connectivity index (χ0v) is 15.9. The Hall–Kier alpha value is -2.50. The first-order valence-electron chi connectivity index (χ1n) is 9.04. The number of benzene rings is 2. The number of rotatable bonds is 2. The molecule has 2 aliphatic rings. The molecule has 0 radical (unpaired) electrons. The summed E-state index contributed by atoms with van der Waals surface area (Å²) >= 11 is 0. The van der Waals surface area contributed by atoms with E-state index in [1.165, 1.54) is 11.6 Å². The van der Waals surface area contributed by atoms with E-state index in [1.54, 1.807) is 12.1 Å². The van der Waals surface area contributed by atoms with Crippen LogP contribution in [0, 0.1) is 0 Å². The van der Waals surface area contributed by atoms with Crippen LogP contribution in [0.4, 0.5) is 8.78 Å². The van der Waals surface area contributed by atoms with Crippen molar-refractivity contribution in [3.05, 3.63) is 47.5 Å². The van der Waals surface area contributed by atoms with Crippen molar-refractivity contribution < 1.29 is 27.7 Å². The summed E-state index contributed by atoms with van der Waals surface area (Å²) < 4.78 is 44.8. The monoisotopic (exact) mass is 378 g/mol. The van der Waals surface area contributed by atoms with Crippen LogP contribution in [0.1, 0.15) is 50.7 Å². The fourth-order valence-corrected chi connectivity index (χ4v) is 2.74. The van der Waals surface area contributed by atoms with Crippen LogP contribution in [0.2, 0.25) is 0 Å². The fourth-order valence-electron chi connectivity index (χ4n) is 2.74. The van der Waals surface area contributed by atoms with Gasteiger partial charge in [-0.25, -0.2) is 0 Å². The van der Waals surface area contributed by atoms with Gasteiger partial charge in [-0.05, 0) is 47.2 Å². The largest absolute Gasteiger partial charge is 0.586 e. The highest BCUT2D eigenvalue weighted by atomic mass is 19.3. The number of halogens is 2. The first-order chi connectivity index (χ1) is 12.7. The highest BCUT2D eigenvalue weighted by Gasteiger charge is 2.43. The van der Waals surface area contributed by atoms with E-state index in [0.717, 1.165) is 17.1 Å². The molecule has 0 saturated carbocycles. The average Bonchev–Trinajstić information content (AvgIpc) is 2.94. The second-order valence-corrected chi connectivity index (χ2v) is 7.09. The Morgan fingerprint density at radius 2 is 1.19 bits per heavy atom. The molecule has 2 aromatic rings. The Bertz CT molecular complexity index is 803. The van der Waals surface area contributed by atoms with Gasteiger partial charge in [0.1, 0.15) is 13.2 Å². The van der Waals surface area contributed by atoms with E-state index in [4.69, 9.17) is 9.47 Å². The fraction of sp³-hybridized carbons (Fsp3) is 0.429. The summed E-state index contributed by atoms with van der Waals surface area (Å²) in [7, 11) is 0. The van der Waals surface area contributed by atoms with Crippen LogP contribution in [-0.4, -0.2) is 19.5 Å². The van der Waals surface area contributed by atoms with E-state index in [1.807, 2.05) is 19.9 Å². The molecule has 6 heteroatoms. The van der Waals surface area contributed by atoms with E-state index in [0.29, 0.717) is 19.1 Å². The van der Waals surface area contributed by atoms with Gasteiger partial charge in [0, 0.05) is 0 Å². The number of fused-ring (bicyclic) bond motifs is 2. The van der Waals surface area contributed by atoms with Gasteiger partial charge in [-0.3, -0.25) is 0 Å². The molecule has 0 bridgehead atoms. The molecule has 0 aliphatic carbocycles. The lowest BCUT2D eigenvalue weighted by Crippen LogP contribution is -2.25. The minimum atomic E-state index is -3.52. The zero-order valence-electron chi connectivity index (χ0n) is 15.9. The molecular formula is C21H24F2O4. The van der Waals surface area contributed by atoms with Crippen molar-refractivity contribution in [2.24, 2.45) is 0 Å². The third kappa shape index (κ3) is 4.62. The second-order valence-electron chi connectivity index (χ2n) is 7.09. The SMILES string of the molecule is CC(C)c1ccc2c(c1)OC(F)(F)O2.CC(C)c1ccc2c(c1)OCCO2. The zero-order chi connectivity index (χ0) is 19.6. The molecule has 27 heavy (non-hydrogen) atoms. The molecule has 0 spiro atoms. The van der Waals surface area contributed by atoms with Crippen molar-refractivity contribution in [2.75, 3.05) is 13.2 Å². The van der Waals surface area contributed by atoms with Crippen LogP contribution in [0.15, 0.2) is 36.4 Å². The molecule has 0 amide bonds. The number of alkyl halides is 2. The van der Waals surface area contributed by atoms with Crippen molar-refractivity contribution >= 4 is 0 Å². The molecule has 2 aliphatic heterocycles. The summed E-state index contributed by atoms with van der Waals surface area (Å²) in [4.78, 5) is 0. The number of hydrogen-bond donors (Lipinski definition) is 0. The predicted molar refractivity (Wildman–Crippen MR) is 98.3 cm³/mol. The van der Waals surface area contributed by atoms with Crippen LogP contribution in [0.3, 0.4) is 0 Å². The molecule has 0 atom stereocenters. The van der Waals surface area contributed by atoms with Crippen molar-refractivity contribution in [2.45, 2.75) is 45.8 Å². The Labute approximate surface area is 158 Å². The van der Waals surface area contributed by atoms with Crippen molar-refractivity contribution in [3.8, 4) is 23.0 Å². The van der Waals surface area contributed by atoms with Crippen molar-refractivity contribution in [1.29, 1.82) is 0 Å². The van der Waals surface area contributed by atoms with Gasteiger partial charge in [-0.1, -0.05) is 39.8 Å². The normalized spacial score (nSPS) is 16.1. The van der Waals surface area contributed by atoms with Gasteiger partial charge >= 0.3 is 6.29 Å². The Balaban J connectivity index is 0.000000156. The van der Waals surface area contributed by atoms with Gasteiger partial charge in [0.05, 0.1) is 0 Å². The molecule has 0 fully saturated rings. The number of hydrogen-bond acceptors (Lipinski definition) is 4. The maximum absolute atomic E-state index is 12.6. The maximum atomic E-state index is 12.6. The molecule has 0 saturated heterocycles. The van der Waals surface area contributed by atoms with Crippen LogP contribution in [0.5, 0.6) is 23.0 Å². The third-order valence-electron chi connectivity index (χ3n) is 4.32. The molecule has 2 aromatic carbocycles. The highest BCUT2D eigenvalue weighted by molar-refractivity contribution is 5.46. The summed E-state index contributed by atoms with van der Waals surface area (Å²) in [5.41, 5.74) is 2.24. The van der Waals surface area contributed by atoms with Crippen molar-refractivity contribution in [3.63, 3.8) is 0 Å². The molecule has 0 unspecified atom stereocenters. The molecule has 0 aromatic heterocycles. The first kappa shape index (κ1) is 19.3. The van der Waals surface area contributed by atoms with Gasteiger partial charge in [0.15, 0.2) is 23.0 Å². The summed E-state index contributed by atoms with van der Waals surface area (Å²) in [6.45, 7) is 9.63. The minimum absolute atomic E-state index is 0.0967. The predicted octanol–water partition coefficient (Wildman–Crippen LogP) is 5.71. The third-order valence-corrected chi connectivity index (χ3v) is 4.32. The molecule has 4 nitrogen and oxygen atoms in total. The van der Waals surface area contributed by atoms with E-state index >= 15 is 0 Å². The van der Waals surface area contributed by atoms with Crippen LogP contribution in [0.25, 0.3) is 0 Å². The Morgan fingerprint density at radius 3 is 1.78 bits per heavy atom. The lowest BCUT2D eigenvalue weighted by molar-refractivity contribution is -0.286. The maximum Gasteiger partial charge on any atom is 0.586 e. The minimum Gasteiger partial charge on any atom is -0.486 e. The van der Waals surface area contributed by atoms with E-state index < -0.39 is 6.29 Å². The first-order valence-corrected chi connectivity index (χ1v) is 9.04. The quantitative estimate of drug-likeness (QED) is 0.670. The van der Waals surface area contributed by atoms with Gasteiger partial charge in [0.2, 0.25) is 0 Å². The van der Waals surface area contributed by atoms with Gasteiger partial charge < -0.3 is 18.9 Å². The summed E-state index contributed by atoms with van der Waals surface area (Å²) in [6, 6.07) is 11.0. The molecule has 4 rings (SSSR count). The molecule has 146 valence electrons. The summed E-state index contributed by atoms with van der Waals surface area (Å²) in [5.74, 6) is 2.78. The Morgan fingerprint density at radius 1 is 0.704 bits per heavy atom. The van der Waals surface area contributed by atoms with Gasteiger partial charge in [0.25, 0.3) is 0 Å². The highest BCUT2D eigenvalue weighted by Crippen LogP contribution is 2.42.